The number of carbonyl (C=O) groups excluding carboxylic acids is 2. The maximum Gasteiger partial charge on any atom is 0.331 e. The number of esters is 2. The second-order valence-corrected chi connectivity index (χ2v) is 9.86. The average molecular weight is 379 g/mol. The third-order valence-electron chi connectivity index (χ3n) is 7.67. The highest BCUT2D eigenvalue weighted by atomic mass is 16.5. The van der Waals surface area contributed by atoms with E-state index in [-0.39, 0.29) is 40.7 Å². The van der Waals surface area contributed by atoms with Crippen molar-refractivity contribution in [2.24, 2.45) is 22.7 Å². The summed E-state index contributed by atoms with van der Waals surface area (Å²) >= 11 is 0. The number of fused-ring (bicyclic) bond motifs is 1. The summed E-state index contributed by atoms with van der Waals surface area (Å²) in [4.78, 5) is 23.1. The fourth-order valence-corrected chi connectivity index (χ4v) is 6.50. The lowest BCUT2D eigenvalue weighted by Crippen LogP contribution is -2.66. The maximum atomic E-state index is 12.0. The molecule has 1 N–H and O–H groups in total. The van der Waals surface area contributed by atoms with Crippen molar-refractivity contribution in [2.75, 3.05) is 6.61 Å². The molecule has 152 valence electrons. The van der Waals surface area contributed by atoms with E-state index in [0.29, 0.717) is 25.9 Å². The van der Waals surface area contributed by atoms with Crippen LogP contribution in [0.1, 0.15) is 73.1 Å². The van der Waals surface area contributed by atoms with E-state index in [1.54, 1.807) is 6.08 Å². The Morgan fingerprint density at radius 2 is 2.04 bits per heavy atom. The quantitative estimate of drug-likeness (QED) is 0.754. The Morgan fingerprint density at radius 1 is 1.33 bits per heavy atom. The monoisotopic (exact) mass is 378 g/mol. The first kappa shape index (κ1) is 20.4. The molecule has 0 amide bonds. The van der Waals surface area contributed by atoms with Gasteiger partial charge in [-0.25, -0.2) is 4.79 Å². The lowest BCUT2D eigenvalue weighted by Gasteiger charge is -2.64. The van der Waals surface area contributed by atoms with Crippen LogP contribution < -0.4 is 0 Å². The minimum absolute atomic E-state index is 0.00700. The first-order valence-corrected chi connectivity index (χ1v) is 10.3. The standard InChI is InChI=1S/C22H34O5/c1-14-11-17(27-15(2)23)19-20(3,4)8-6-9-21(19,5)22(14,25)10-7-16-12-18(24)26-13-16/h12,14,17,19,25H,6-11,13H2,1-5H3/t14-,17-,19-,21+,22-/m1/s1. The van der Waals surface area contributed by atoms with E-state index in [4.69, 9.17) is 9.47 Å². The number of rotatable bonds is 4. The molecular weight excluding hydrogens is 344 g/mol. The molecule has 3 aliphatic rings. The molecule has 1 aliphatic heterocycles. The van der Waals surface area contributed by atoms with Crippen molar-refractivity contribution in [3.05, 3.63) is 11.6 Å². The third-order valence-corrected chi connectivity index (χ3v) is 7.67. The molecular formula is C22H34O5. The summed E-state index contributed by atoms with van der Waals surface area (Å²) in [7, 11) is 0. The molecule has 0 unspecified atom stereocenters. The molecule has 0 aromatic carbocycles. The van der Waals surface area contributed by atoms with Crippen LogP contribution in [0.25, 0.3) is 0 Å². The highest BCUT2D eigenvalue weighted by Gasteiger charge is 2.64. The minimum Gasteiger partial charge on any atom is -0.462 e. The van der Waals surface area contributed by atoms with Crippen LogP contribution in [-0.2, 0) is 19.1 Å². The van der Waals surface area contributed by atoms with Crippen LogP contribution in [0.15, 0.2) is 11.6 Å². The molecule has 0 radical (unpaired) electrons. The van der Waals surface area contributed by atoms with Crippen molar-refractivity contribution < 1.29 is 24.2 Å². The molecule has 0 spiro atoms. The summed E-state index contributed by atoms with van der Waals surface area (Å²) in [6, 6.07) is 0. The largest absolute Gasteiger partial charge is 0.462 e. The third kappa shape index (κ3) is 3.43. The molecule has 0 aromatic rings. The van der Waals surface area contributed by atoms with Crippen LogP contribution in [0.4, 0.5) is 0 Å². The summed E-state index contributed by atoms with van der Waals surface area (Å²) in [5, 5.41) is 12.0. The van der Waals surface area contributed by atoms with Crippen molar-refractivity contribution >= 4 is 11.9 Å². The van der Waals surface area contributed by atoms with Gasteiger partial charge >= 0.3 is 11.9 Å². The van der Waals surface area contributed by atoms with Crippen molar-refractivity contribution in [3.63, 3.8) is 0 Å². The van der Waals surface area contributed by atoms with Gasteiger partial charge in [-0.2, -0.15) is 0 Å². The number of hydrogen-bond acceptors (Lipinski definition) is 5. The van der Waals surface area contributed by atoms with Gasteiger partial charge in [0.1, 0.15) is 12.7 Å². The van der Waals surface area contributed by atoms with Crippen molar-refractivity contribution in [1.29, 1.82) is 0 Å². The minimum atomic E-state index is -0.863. The fourth-order valence-electron chi connectivity index (χ4n) is 6.50. The molecule has 3 rings (SSSR count). The van der Waals surface area contributed by atoms with E-state index in [1.165, 1.54) is 6.92 Å². The van der Waals surface area contributed by atoms with Crippen molar-refractivity contribution in [1.82, 2.24) is 0 Å². The zero-order chi connectivity index (χ0) is 20.0. The molecule has 0 saturated heterocycles. The lowest BCUT2D eigenvalue weighted by molar-refractivity contribution is -0.249. The number of carbonyl (C=O) groups is 2. The fraction of sp³-hybridized carbons (Fsp3) is 0.818. The zero-order valence-electron chi connectivity index (χ0n) is 17.3. The average Bonchev–Trinajstić information content (AvgIpc) is 2.95. The van der Waals surface area contributed by atoms with Gasteiger partial charge in [0.2, 0.25) is 0 Å². The van der Waals surface area contributed by atoms with Gasteiger partial charge in [-0.05, 0) is 49.0 Å². The van der Waals surface area contributed by atoms with Gasteiger partial charge in [0, 0.05) is 24.3 Å². The normalized spacial score (nSPS) is 40.7. The predicted molar refractivity (Wildman–Crippen MR) is 102 cm³/mol. The summed E-state index contributed by atoms with van der Waals surface area (Å²) in [6.07, 6.45) is 6.40. The topological polar surface area (TPSA) is 72.8 Å². The Balaban J connectivity index is 1.93. The number of ether oxygens (including phenoxy) is 2. The number of hydrogen-bond donors (Lipinski definition) is 1. The van der Waals surface area contributed by atoms with Gasteiger partial charge in [-0.15, -0.1) is 0 Å². The van der Waals surface area contributed by atoms with Gasteiger partial charge in [0.05, 0.1) is 5.60 Å². The van der Waals surface area contributed by atoms with Gasteiger partial charge in [-0.3, -0.25) is 4.79 Å². The number of cyclic esters (lactones) is 1. The van der Waals surface area contributed by atoms with Gasteiger partial charge in [0.25, 0.3) is 0 Å². The Bertz CT molecular complexity index is 651. The van der Waals surface area contributed by atoms with Crippen LogP contribution in [0, 0.1) is 22.7 Å². The lowest BCUT2D eigenvalue weighted by atomic mass is 9.43. The second kappa shape index (κ2) is 6.91. The molecule has 2 fully saturated rings. The van der Waals surface area contributed by atoms with E-state index in [1.807, 2.05) is 0 Å². The summed E-state index contributed by atoms with van der Waals surface area (Å²) in [5.41, 5.74) is -0.250. The molecule has 5 heteroatoms. The van der Waals surface area contributed by atoms with E-state index in [2.05, 4.69) is 27.7 Å². The SMILES string of the molecule is CC(=O)O[C@@H]1C[C@@H](C)[C@](O)(CCC2=CC(=O)OC2)[C@@]2(C)CCCC(C)(C)[C@@H]12. The Kier molecular flexibility index (Phi) is 5.21. The first-order chi connectivity index (χ1) is 12.5. The molecule has 2 aliphatic carbocycles. The van der Waals surface area contributed by atoms with Crippen LogP contribution in [-0.4, -0.2) is 35.4 Å². The van der Waals surface area contributed by atoms with E-state index in [0.717, 1.165) is 24.8 Å². The Morgan fingerprint density at radius 3 is 2.63 bits per heavy atom. The highest BCUT2D eigenvalue weighted by molar-refractivity contribution is 5.85. The van der Waals surface area contributed by atoms with Crippen LogP contribution in [0.5, 0.6) is 0 Å². The van der Waals surface area contributed by atoms with Crippen molar-refractivity contribution in [2.45, 2.75) is 84.8 Å². The van der Waals surface area contributed by atoms with E-state index >= 15 is 0 Å². The molecule has 1 heterocycles. The smallest absolute Gasteiger partial charge is 0.331 e. The van der Waals surface area contributed by atoms with Gasteiger partial charge < -0.3 is 14.6 Å². The molecule has 27 heavy (non-hydrogen) atoms. The molecule has 2 saturated carbocycles. The van der Waals surface area contributed by atoms with Crippen LogP contribution >= 0.6 is 0 Å². The Labute approximate surface area is 162 Å². The van der Waals surface area contributed by atoms with Crippen LogP contribution in [0.3, 0.4) is 0 Å². The molecule has 5 atom stereocenters. The molecule has 5 nitrogen and oxygen atoms in total. The van der Waals surface area contributed by atoms with E-state index < -0.39 is 5.60 Å². The molecule has 0 aromatic heterocycles. The second-order valence-electron chi connectivity index (χ2n) is 9.86. The van der Waals surface area contributed by atoms with Gasteiger partial charge in [-0.1, -0.05) is 34.1 Å². The Hall–Kier alpha value is -1.36. The molecule has 0 bridgehead atoms. The summed E-state index contributed by atoms with van der Waals surface area (Å²) in [5.74, 6) is -0.408. The number of aliphatic hydroxyl groups is 1. The van der Waals surface area contributed by atoms with E-state index in [9.17, 15) is 14.7 Å². The van der Waals surface area contributed by atoms with Gasteiger partial charge in [0.15, 0.2) is 0 Å². The first-order valence-electron chi connectivity index (χ1n) is 10.3. The maximum absolute atomic E-state index is 12.0. The predicted octanol–water partition coefficient (Wildman–Crippen LogP) is 3.79. The summed E-state index contributed by atoms with van der Waals surface area (Å²) in [6.45, 7) is 10.6. The summed E-state index contributed by atoms with van der Waals surface area (Å²) < 4.78 is 10.8. The van der Waals surface area contributed by atoms with Crippen molar-refractivity contribution in [3.8, 4) is 0 Å². The highest BCUT2D eigenvalue weighted by Crippen LogP contribution is 2.64. The zero-order valence-corrected chi connectivity index (χ0v) is 17.3. The van der Waals surface area contributed by atoms with Crippen LogP contribution in [0.2, 0.25) is 0 Å².